The van der Waals surface area contributed by atoms with Crippen LogP contribution in [0.25, 0.3) is 0 Å². The minimum Gasteiger partial charge on any atom is -0.495 e. The van der Waals surface area contributed by atoms with Crippen molar-refractivity contribution in [3.05, 3.63) is 47.5 Å². The second kappa shape index (κ2) is 8.91. The van der Waals surface area contributed by atoms with Gasteiger partial charge >= 0.3 is 0 Å². The van der Waals surface area contributed by atoms with Crippen LogP contribution in [0, 0.1) is 0 Å². The lowest BCUT2D eigenvalue weighted by molar-refractivity contribution is -0.115. The van der Waals surface area contributed by atoms with Crippen LogP contribution in [0.1, 0.15) is 13.3 Å². The van der Waals surface area contributed by atoms with Crippen molar-refractivity contribution in [2.45, 2.75) is 18.2 Å². The maximum absolute atomic E-state index is 12.4. The standard InChI is InChI=1S/C18H20ClNO5S/c1-3-25-17-7-5-4-6-15(17)20-18(21)10-11-26(22,23)13-8-9-16(24-2)14(19)12-13/h4-9,12H,3,10-11H2,1-2H3,(H,20,21). The Hall–Kier alpha value is -2.25. The molecule has 0 heterocycles. The molecule has 0 aliphatic rings. The Bertz CT molecular complexity index is 883. The maximum Gasteiger partial charge on any atom is 0.225 e. The normalized spacial score (nSPS) is 11.0. The van der Waals surface area contributed by atoms with E-state index in [1.54, 1.807) is 24.3 Å². The van der Waals surface area contributed by atoms with Crippen molar-refractivity contribution < 1.29 is 22.7 Å². The topological polar surface area (TPSA) is 81.7 Å². The highest BCUT2D eigenvalue weighted by molar-refractivity contribution is 7.91. The van der Waals surface area contributed by atoms with Gasteiger partial charge in [-0.2, -0.15) is 0 Å². The van der Waals surface area contributed by atoms with Gasteiger partial charge in [0.15, 0.2) is 9.84 Å². The van der Waals surface area contributed by atoms with Gasteiger partial charge in [-0.1, -0.05) is 23.7 Å². The highest BCUT2D eigenvalue weighted by atomic mass is 35.5. The van der Waals surface area contributed by atoms with E-state index in [0.717, 1.165) is 0 Å². The van der Waals surface area contributed by atoms with E-state index in [4.69, 9.17) is 21.1 Å². The van der Waals surface area contributed by atoms with Crippen molar-refractivity contribution >= 4 is 33.0 Å². The van der Waals surface area contributed by atoms with Crippen LogP contribution < -0.4 is 14.8 Å². The number of benzene rings is 2. The number of rotatable bonds is 8. The predicted molar refractivity (Wildman–Crippen MR) is 101 cm³/mol. The van der Waals surface area contributed by atoms with Gasteiger partial charge in [-0.05, 0) is 37.3 Å². The molecule has 1 amide bonds. The smallest absolute Gasteiger partial charge is 0.225 e. The number of para-hydroxylation sites is 2. The molecule has 0 saturated heterocycles. The Morgan fingerprint density at radius 2 is 1.88 bits per heavy atom. The number of ether oxygens (including phenoxy) is 2. The number of carbonyl (C=O) groups excluding carboxylic acids is 1. The summed E-state index contributed by atoms with van der Waals surface area (Å²) in [7, 11) is -2.20. The Morgan fingerprint density at radius 1 is 1.15 bits per heavy atom. The van der Waals surface area contributed by atoms with Crippen LogP contribution in [0.5, 0.6) is 11.5 Å². The molecule has 0 spiro atoms. The molecule has 0 bridgehead atoms. The zero-order valence-electron chi connectivity index (χ0n) is 14.5. The van der Waals surface area contributed by atoms with Crippen LogP contribution in [0.2, 0.25) is 5.02 Å². The van der Waals surface area contributed by atoms with Crippen LogP contribution in [0.15, 0.2) is 47.4 Å². The van der Waals surface area contributed by atoms with Gasteiger partial charge in [0.05, 0.1) is 35.1 Å². The molecule has 0 aromatic heterocycles. The first-order valence-electron chi connectivity index (χ1n) is 7.95. The summed E-state index contributed by atoms with van der Waals surface area (Å²) in [4.78, 5) is 12.2. The van der Waals surface area contributed by atoms with Gasteiger partial charge in [-0.25, -0.2) is 8.42 Å². The lowest BCUT2D eigenvalue weighted by Gasteiger charge is -2.11. The number of nitrogens with one attached hydrogen (secondary N) is 1. The second-order valence-electron chi connectivity index (χ2n) is 5.34. The van der Waals surface area contributed by atoms with E-state index in [2.05, 4.69) is 5.32 Å². The molecular weight excluding hydrogens is 378 g/mol. The molecule has 0 aliphatic carbocycles. The summed E-state index contributed by atoms with van der Waals surface area (Å²) in [6, 6.07) is 11.2. The monoisotopic (exact) mass is 397 g/mol. The molecule has 6 nitrogen and oxygen atoms in total. The fourth-order valence-electron chi connectivity index (χ4n) is 2.25. The molecule has 0 radical (unpaired) electrons. The van der Waals surface area contributed by atoms with E-state index < -0.39 is 15.7 Å². The third-order valence-electron chi connectivity index (χ3n) is 3.54. The number of amides is 1. The molecule has 0 unspecified atom stereocenters. The number of hydrogen-bond acceptors (Lipinski definition) is 5. The van der Waals surface area contributed by atoms with Crippen molar-refractivity contribution in [3.63, 3.8) is 0 Å². The van der Waals surface area contributed by atoms with Crippen LogP contribution in [-0.2, 0) is 14.6 Å². The average molecular weight is 398 g/mol. The number of sulfone groups is 1. The Kier molecular flexibility index (Phi) is 6.88. The lowest BCUT2D eigenvalue weighted by Crippen LogP contribution is -2.18. The largest absolute Gasteiger partial charge is 0.495 e. The van der Waals surface area contributed by atoms with Gasteiger partial charge in [0.1, 0.15) is 11.5 Å². The van der Waals surface area contributed by atoms with Crippen molar-refractivity contribution in [2.75, 3.05) is 24.8 Å². The zero-order valence-corrected chi connectivity index (χ0v) is 16.1. The first kappa shape index (κ1) is 20.1. The second-order valence-corrected chi connectivity index (χ2v) is 7.86. The average Bonchev–Trinajstić information content (AvgIpc) is 2.62. The molecule has 0 atom stereocenters. The SMILES string of the molecule is CCOc1ccccc1NC(=O)CCS(=O)(=O)c1ccc(OC)c(Cl)c1. The van der Waals surface area contributed by atoms with Crippen LogP contribution in [0.3, 0.4) is 0 Å². The van der Waals surface area contributed by atoms with E-state index in [9.17, 15) is 13.2 Å². The number of halogens is 1. The fraction of sp³-hybridized carbons (Fsp3) is 0.278. The highest BCUT2D eigenvalue weighted by Crippen LogP contribution is 2.28. The van der Waals surface area contributed by atoms with Crippen LogP contribution >= 0.6 is 11.6 Å². The van der Waals surface area contributed by atoms with E-state index in [-0.39, 0.29) is 22.1 Å². The van der Waals surface area contributed by atoms with Gasteiger partial charge in [-0.3, -0.25) is 4.79 Å². The molecule has 0 saturated carbocycles. The summed E-state index contributed by atoms with van der Waals surface area (Å²) in [5, 5.41) is 2.87. The van der Waals surface area contributed by atoms with E-state index in [0.29, 0.717) is 23.8 Å². The van der Waals surface area contributed by atoms with Crippen molar-refractivity contribution in [3.8, 4) is 11.5 Å². The molecule has 0 aliphatic heterocycles. The van der Waals surface area contributed by atoms with Crippen LogP contribution in [0.4, 0.5) is 5.69 Å². The Labute approximate surface area is 158 Å². The molecule has 2 aromatic rings. The van der Waals surface area contributed by atoms with Gasteiger partial charge in [0.25, 0.3) is 0 Å². The van der Waals surface area contributed by atoms with E-state index >= 15 is 0 Å². The minimum absolute atomic E-state index is 0.0471. The van der Waals surface area contributed by atoms with E-state index in [1.807, 2.05) is 6.92 Å². The van der Waals surface area contributed by atoms with Gasteiger partial charge in [-0.15, -0.1) is 0 Å². The molecule has 2 aromatic carbocycles. The number of anilines is 1. The number of carbonyl (C=O) groups is 1. The lowest BCUT2D eigenvalue weighted by atomic mass is 10.3. The fourth-order valence-corrected chi connectivity index (χ4v) is 3.83. The third kappa shape index (κ3) is 5.12. The summed E-state index contributed by atoms with van der Waals surface area (Å²) < 4.78 is 35.2. The summed E-state index contributed by atoms with van der Waals surface area (Å²) in [5.41, 5.74) is 0.504. The van der Waals surface area contributed by atoms with Crippen LogP contribution in [-0.4, -0.2) is 33.8 Å². The number of hydrogen-bond donors (Lipinski definition) is 1. The zero-order chi connectivity index (χ0) is 19.2. The summed E-state index contributed by atoms with van der Waals surface area (Å²) in [5.74, 6) is 0.169. The van der Waals surface area contributed by atoms with Gasteiger partial charge in [0, 0.05) is 6.42 Å². The molecule has 26 heavy (non-hydrogen) atoms. The molecule has 140 valence electrons. The van der Waals surface area contributed by atoms with Crippen molar-refractivity contribution in [1.82, 2.24) is 0 Å². The molecule has 0 fully saturated rings. The van der Waals surface area contributed by atoms with Gasteiger partial charge < -0.3 is 14.8 Å². The van der Waals surface area contributed by atoms with Crippen molar-refractivity contribution in [1.29, 1.82) is 0 Å². The summed E-state index contributed by atoms with van der Waals surface area (Å²) >= 11 is 5.97. The molecule has 8 heteroatoms. The van der Waals surface area contributed by atoms with E-state index in [1.165, 1.54) is 25.3 Å². The summed E-state index contributed by atoms with van der Waals surface area (Å²) in [6.45, 7) is 2.30. The quantitative estimate of drug-likeness (QED) is 0.736. The Morgan fingerprint density at radius 3 is 2.54 bits per heavy atom. The molecule has 1 N–H and O–H groups in total. The number of methoxy groups -OCH3 is 1. The predicted octanol–water partition coefficient (Wildman–Crippen LogP) is 3.55. The van der Waals surface area contributed by atoms with Gasteiger partial charge in [0.2, 0.25) is 5.91 Å². The highest BCUT2D eigenvalue weighted by Gasteiger charge is 2.18. The first-order chi connectivity index (χ1) is 12.4. The Balaban J connectivity index is 2.03. The first-order valence-corrected chi connectivity index (χ1v) is 9.98. The summed E-state index contributed by atoms with van der Waals surface area (Å²) in [6.07, 6.45) is -0.188. The molecular formula is C18H20ClNO5S. The third-order valence-corrected chi connectivity index (χ3v) is 5.55. The maximum atomic E-state index is 12.4. The minimum atomic E-state index is -3.65. The van der Waals surface area contributed by atoms with Crippen molar-refractivity contribution in [2.24, 2.45) is 0 Å². The molecule has 2 rings (SSSR count).